The van der Waals surface area contributed by atoms with E-state index in [0.717, 1.165) is 12.5 Å². The molecule has 20 heavy (non-hydrogen) atoms. The summed E-state index contributed by atoms with van der Waals surface area (Å²) in [6.45, 7) is 7.88. The van der Waals surface area contributed by atoms with Gasteiger partial charge in [0.1, 0.15) is 0 Å². The van der Waals surface area contributed by atoms with Gasteiger partial charge >= 0.3 is 0 Å². The van der Waals surface area contributed by atoms with Crippen molar-refractivity contribution in [2.45, 2.75) is 71.8 Å². The predicted molar refractivity (Wildman–Crippen MR) is 88.1 cm³/mol. The Labute approximate surface area is 125 Å². The van der Waals surface area contributed by atoms with Crippen LogP contribution in [0, 0.1) is 19.8 Å². The summed E-state index contributed by atoms with van der Waals surface area (Å²) in [5.74, 6) is 0.824. The lowest BCUT2D eigenvalue weighted by Gasteiger charge is -2.29. The molecule has 1 unspecified atom stereocenters. The molecule has 1 aliphatic rings. The van der Waals surface area contributed by atoms with Gasteiger partial charge in [-0.15, -0.1) is 0 Å². The summed E-state index contributed by atoms with van der Waals surface area (Å²) in [7, 11) is 0. The van der Waals surface area contributed by atoms with Crippen molar-refractivity contribution in [3.63, 3.8) is 0 Å². The molecule has 1 aromatic carbocycles. The molecule has 0 amide bonds. The van der Waals surface area contributed by atoms with Crippen LogP contribution >= 0.6 is 0 Å². The third-order valence-corrected chi connectivity index (χ3v) is 4.76. The molecule has 1 nitrogen and oxygen atoms in total. The largest absolute Gasteiger partial charge is 0.310 e. The molecule has 1 N–H and O–H groups in total. The number of hydrogen-bond donors (Lipinski definition) is 1. The molecule has 0 radical (unpaired) electrons. The summed E-state index contributed by atoms with van der Waals surface area (Å²) in [5, 5.41) is 3.85. The van der Waals surface area contributed by atoms with Gasteiger partial charge in [-0.3, -0.25) is 0 Å². The minimum absolute atomic E-state index is 0.563. The minimum Gasteiger partial charge on any atom is -0.310 e. The first-order valence-corrected chi connectivity index (χ1v) is 8.53. The molecular formula is C19H31N. The van der Waals surface area contributed by atoms with Gasteiger partial charge in [-0.25, -0.2) is 0 Å². The van der Waals surface area contributed by atoms with Crippen molar-refractivity contribution in [1.82, 2.24) is 5.32 Å². The van der Waals surface area contributed by atoms with Crippen molar-refractivity contribution in [2.75, 3.05) is 6.54 Å². The topological polar surface area (TPSA) is 12.0 Å². The van der Waals surface area contributed by atoms with Crippen LogP contribution in [0.5, 0.6) is 0 Å². The van der Waals surface area contributed by atoms with Crippen LogP contribution in [0.15, 0.2) is 18.2 Å². The zero-order valence-corrected chi connectivity index (χ0v) is 13.5. The zero-order chi connectivity index (χ0) is 14.4. The minimum atomic E-state index is 0.563. The Morgan fingerprint density at radius 3 is 2.45 bits per heavy atom. The van der Waals surface area contributed by atoms with Crippen molar-refractivity contribution >= 4 is 0 Å². The maximum absolute atomic E-state index is 3.85. The van der Waals surface area contributed by atoms with Crippen molar-refractivity contribution in [2.24, 2.45) is 5.92 Å². The smallest absolute Gasteiger partial charge is 0.0351 e. The van der Waals surface area contributed by atoms with Gasteiger partial charge in [0.15, 0.2) is 0 Å². The highest BCUT2D eigenvalue weighted by Gasteiger charge is 2.24. The van der Waals surface area contributed by atoms with Crippen LogP contribution in [-0.4, -0.2) is 6.54 Å². The summed E-state index contributed by atoms with van der Waals surface area (Å²) in [6.07, 6.45) is 9.71. The van der Waals surface area contributed by atoms with Crippen LogP contribution in [0.1, 0.15) is 74.6 Å². The second kappa shape index (κ2) is 7.83. The van der Waals surface area contributed by atoms with Crippen molar-refractivity contribution < 1.29 is 0 Å². The lowest BCUT2D eigenvalue weighted by atomic mass is 9.84. The Bertz CT molecular complexity index is 402. The first-order valence-electron chi connectivity index (χ1n) is 8.53. The normalized spacial score (nSPS) is 18.8. The van der Waals surface area contributed by atoms with Gasteiger partial charge in [-0.1, -0.05) is 56.4 Å². The van der Waals surface area contributed by atoms with Crippen LogP contribution < -0.4 is 5.32 Å². The molecule has 112 valence electrons. The molecule has 0 aromatic heterocycles. The van der Waals surface area contributed by atoms with Gasteiger partial charge in [-0.05, 0) is 56.7 Å². The molecule has 0 bridgehead atoms. The van der Waals surface area contributed by atoms with Crippen LogP contribution in [0.25, 0.3) is 0 Å². The van der Waals surface area contributed by atoms with E-state index in [1.807, 2.05) is 0 Å². The average molecular weight is 273 g/mol. The van der Waals surface area contributed by atoms with Crippen molar-refractivity contribution in [3.05, 3.63) is 34.9 Å². The lowest BCUT2D eigenvalue weighted by molar-refractivity contribution is 0.325. The molecule has 0 heterocycles. The van der Waals surface area contributed by atoms with Gasteiger partial charge in [0.2, 0.25) is 0 Å². The maximum Gasteiger partial charge on any atom is 0.0351 e. The van der Waals surface area contributed by atoms with Crippen LogP contribution in [0.4, 0.5) is 0 Å². The van der Waals surface area contributed by atoms with E-state index in [2.05, 4.69) is 44.3 Å². The van der Waals surface area contributed by atoms with E-state index < -0.39 is 0 Å². The van der Waals surface area contributed by atoms with E-state index >= 15 is 0 Å². The van der Waals surface area contributed by atoms with Crippen molar-refractivity contribution in [1.29, 1.82) is 0 Å². The summed E-state index contributed by atoms with van der Waals surface area (Å²) in [4.78, 5) is 0. The molecular weight excluding hydrogens is 242 g/mol. The lowest BCUT2D eigenvalue weighted by Crippen LogP contribution is -2.29. The molecule has 1 atom stereocenters. The monoisotopic (exact) mass is 273 g/mol. The third kappa shape index (κ3) is 4.09. The van der Waals surface area contributed by atoms with E-state index in [4.69, 9.17) is 0 Å². The zero-order valence-electron chi connectivity index (χ0n) is 13.5. The second-order valence-electron chi connectivity index (χ2n) is 6.54. The molecule has 1 saturated carbocycles. The third-order valence-electron chi connectivity index (χ3n) is 4.76. The van der Waals surface area contributed by atoms with Gasteiger partial charge in [0, 0.05) is 6.04 Å². The van der Waals surface area contributed by atoms with Crippen LogP contribution in [-0.2, 0) is 0 Å². The van der Waals surface area contributed by atoms with E-state index in [-0.39, 0.29) is 0 Å². The molecule has 0 spiro atoms. The quantitative estimate of drug-likeness (QED) is 0.716. The molecule has 1 heteroatoms. The maximum atomic E-state index is 3.85. The number of benzene rings is 1. The van der Waals surface area contributed by atoms with Crippen LogP contribution in [0.3, 0.4) is 0 Å². The predicted octanol–water partition coefficient (Wildman–Crippen LogP) is 5.31. The molecule has 1 aromatic rings. The van der Waals surface area contributed by atoms with E-state index in [1.54, 1.807) is 5.56 Å². The number of rotatable bonds is 5. The second-order valence-corrected chi connectivity index (χ2v) is 6.54. The summed E-state index contributed by atoms with van der Waals surface area (Å²) in [5.41, 5.74) is 4.39. The first-order chi connectivity index (χ1) is 9.72. The fraction of sp³-hybridized carbons (Fsp3) is 0.684. The Kier molecular flexibility index (Phi) is 6.09. The van der Waals surface area contributed by atoms with Gasteiger partial charge < -0.3 is 5.32 Å². The number of hydrogen-bond acceptors (Lipinski definition) is 1. The van der Waals surface area contributed by atoms with E-state index in [9.17, 15) is 0 Å². The number of nitrogens with one attached hydrogen (secondary N) is 1. The molecule has 2 rings (SSSR count). The average Bonchev–Trinajstić information content (AvgIpc) is 2.72. The summed E-state index contributed by atoms with van der Waals surface area (Å²) < 4.78 is 0. The SMILES string of the molecule is CCCNC(c1cc(C)ccc1C)C1CCCCCC1. The number of aryl methyl sites for hydroxylation is 2. The Balaban J connectivity index is 2.22. The highest BCUT2D eigenvalue weighted by Crippen LogP contribution is 2.35. The standard InChI is InChI=1S/C19H31N/c1-4-13-20-19(17-9-7-5-6-8-10-17)18-14-15(2)11-12-16(18)3/h11-12,14,17,19-20H,4-10,13H2,1-3H3. The highest BCUT2D eigenvalue weighted by atomic mass is 14.9. The Morgan fingerprint density at radius 1 is 1.10 bits per heavy atom. The van der Waals surface area contributed by atoms with Gasteiger partial charge in [0.25, 0.3) is 0 Å². The summed E-state index contributed by atoms with van der Waals surface area (Å²) in [6, 6.07) is 7.51. The fourth-order valence-electron chi connectivity index (χ4n) is 3.57. The summed E-state index contributed by atoms with van der Waals surface area (Å²) >= 11 is 0. The van der Waals surface area contributed by atoms with Gasteiger partial charge in [-0.2, -0.15) is 0 Å². The first kappa shape index (κ1) is 15.6. The molecule has 0 aliphatic heterocycles. The molecule has 1 fully saturated rings. The van der Waals surface area contributed by atoms with E-state index in [1.165, 1.54) is 56.1 Å². The fourth-order valence-corrected chi connectivity index (χ4v) is 3.57. The van der Waals surface area contributed by atoms with Crippen LogP contribution in [0.2, 0.25) is 0 Å². The van der Waals surface area contributed by atoms with E-state index in [0.29, 0.717) is 6.04 Å². The molecule has 1 aliphatic carbocycles. The van der Waals surface area contributed by atoms with Gasteiger partial charge in [0.05, 0.1) is 0 Å². The highest BCUT2D eigenvalue weighted by molar-refractivity contribution is 5.33. The molecule has 0 saturated heterocycles. The Hall–Kier alpha value is -0.820. The van der Waals surface area contributed by atoms with Crippen molar-refractivity contribution in [3.8, 4) is 0 Å². The Morgan fingerprint density at radius 2 is 1.80 bits per heavy atom.